The number of nitrogens with one attached hydrogen (secondary N) is 2. The molecule has 1 heterocycles. The van der Waals surface area contributed by atoms with Crippen molar-refractivity contribution < 1.29 is 9.90 Å². The highest BCUT2D eigenvalue weighted by atomic mass is 16.3. The van der Waals surface area contributed by atoms with Crippen LogP contribution < -0.4 is 10.6 Å². The van der Waals surface area contributed by atoms with Gasteiger partial charge in [0.05, 0.1) is 18.8 Å². The third kappa shape index (κ3) is 5.35. The molecule has 96 valence electrons. The lowest BCUT2D eigenvalue weighted by Gasteiger charge is -2.11. The minimum Gasteiger partial charge on any atom is -0.394 e. The third-order valence-corrected chi connectivity index (χ3v) is 2.34. The van der Waals surface area contributed by atoms with Crippen molar-refractivity contribution in [3.63, 3.8) is 0 Å². The summed E-state index contributed by atoms with van der Waals surface area (Å²) in [6, 6.07) is -0.453. The van der Waals surface area contributed by atoms with Gasteiger partial charge >= 0.3 is 6.03 Å². The lowest BCUT2D eigenvalue weighted by Crippen LogP contribution is -2.42. The van der Waals surface area contributed by atoms with Gasteiger partial charge < -0.3 is 15.7 Å². The molecule has 1 rings (SSSR count). The minimum absolute atomic E-state index is 0.0525. The van der Waals surface area contributed by atoms with Crippen molar-refractivity contribution in [3.05, 3.63) is 18.0 Å². The van der Waals surface area contributed by atoms with Gasteiger partial charge in [-0.1, -0.05) is 0 Å². The van der Waals surface area contributed by atoms with Crippen molar-refractivity contribution >= 4 is 6.03 Å². The lowest BCUT2D eigenvalue weighted by atomic mass is 10.2. The Morgan fingerprint density at radius 3 is 3.00 bits per heavy atom. The summed E-state index contributed by atoms with van der Waals surface area (Å²) in [5, 5.41) is 18.2. The van der Waals surface area contributed by atoms with E-state index >= 15 is 0 Å². The predicted octanol–water partition coefficient (Wildman–Crippen LogP) is 0.0327. The largest absolute Gasteiger partial charge is 0.394 e. The van der Waals surface area contributed by atoms with E-state index in [1.54, 1.807) is 11.6 Å². The van der Waals surface area contributed by atoms with Gasteiger partial charge in [0.2, 0.25) is 0 Å². The smallest absolute Gasteiger partial charge is 0.315 e. The first kappa shape index (κ1) is 13.5. The van der Waals surface area contributed by atoms with Crippen LogP contribution >= 0.6 is 0 Å². The van der Waals surface area contributed by atoms with Gasteiger partial charge in [-0.25, -0.2) is 4.79 Å². The summed E-state index contributed by atoms with van der Waals surface area (Å²) in [6.07, 6.45) is 5.55. The molecule has 0 fully saturated rings. The van der Waals surface area contributed by atoms with Gasteiger partial charge in [-0.15, -0.1) is 0 Å². The number of aliphatic hydroxyl groups excluding tert-OH is 1. The van der Waals surface area contributed by atoms with Crippen LogP contribution in [0.5, 0.6) is 0 Å². The molecule has 1 aromatic rings. The standard InChI is InChI=1S/C11H20N4O2/c1-9(8-16)14-11(17)12-5-3-4-10-6-13-15(2)7-10/h6-7,9,16H,3-5,8H2,1-2H3,(H2,12,14,17). The SMILES string of the molecule is CC(CO)NC(=O)NCCCc1cnn(C)c1. The molecule has 0 aliphatic rings. The Labute approximate surface area is 101 Å². The van der Waals surface area contributed by atoms with Gasteiger partial charge in [0.25, 0.3) is 0 Å². The number of urea groups is 1. The van der Waals surface area contributed by atoms with E-state index in [9.17, 15) is 4.79 Å². The summed E-state index contributed by atoms with van der Waals surface area (Å²) < 4.78 is 1.76. The van der Waals surface area contributed by atoms with Crippen LogP contribution in [0.2, 0.25) is 0 Å². The highest BCUT2D eigenvalue weighted by molar-refractivity contribution is 5.74. The molecule has 0 aliphatic heterocycles. The summed E-state index contributed by atoms with van der Waals surface area (Å²) in [4.78, 5) is 11.3. The summed E-state index contributed by atoms with van der Waals surface area (Å²) in [7, 11) is 1.88. The molecular formula is C11H20N4O2. The van der Waals surface area contributed by atoms with Crippen LogP contribution in [0.4, 0.5) is 4.79 Å². The molecule has 3 N–H and O–H groups in total. The van der Waals surface area contributed by atoms with Crippen LogP contribution in [0.25, 0.3) is 0 Å². The van der Waals surface area contributed by atoms with E-state index in [4.69, 9.17) is 5.11 Å². The minimum atomic E-state index is -0.238. The molecule has 0 aromatic carbocycles. The van der Waals surface area contributed by atoms with Crippen LogP contribution in [0.1, 0.15) is 18.9 Å². The summed E-state index contributed by atoms with van der Waals surface area (Å²) in [6.45, 7) is 2.30. The van der Waals surface area contributed by atoms with E-state index < -0.39 is 0 Å². The van der Waals surface area contributed by atoms with Crippen molar-refractivity contribution in [2.75, 3.05) is 13.2 Å². The van der Waals surface area contributed by atoms with Gasteiger partial charge in [0, 0.05) is 19.8 Å². The van der Waals surface area contributed by atoms with Gasteiger partial charge in [0.1, 0.15) is 0 Å². The Bertz CT molecular complexity index is 351. The van der Waals surface area contributed by atoms with Crippen LogP contribution in [0.3, 0.4) is 0 Å². The summed E-state index contributed by atoms with van der Waals surface area (Å²) in [5.41, 5.74) is 1.17. The molecule has 2 amide bonds. The second-order valence-corrected chi connectivity index (χ2v) is 4.11. The number of carbonyl (C=O) groups excluding carboxylic acids is 1. The molecule has 0 aliphatic carbocycles. The van der Waals surface area contributed by atoms with Crippen molar-refractivity contribution in [2.24, 2.45) is 7.05 Å². The third-order valence-electron chi connectivity index (χ3n) is 2.34. The Morgan fingerprint density at radius 1 is 1.65 bits per heavy atom. The van der Waals surface area contributed by atoms with E-state index in [0.29, 0.717) is 6.54 Å². The van der Waals surface area contributed by atoms with Crippen molar-refractivity contribution in [3.8, 4) is 0 Å². The Hall–Kier alpha value is -1.56. The average molecular weight is 240 g/mol. The number of carbonyl (C=O) groups is 1. The molecule has 6 nitrogen and oxygen atoms in total. The molecule has 0 radical (unpaired) electrons. The number of rotatable bonds is 6. The molecule has 6 heteroatoms. The number of aryl methyl sites for hydroxylation is 2. The van der Waals surface area contributed by atoms with E-state index in [-0.39, 0.29) is 18.7 Å². The van der Waals surface area contributed by atoms with E-state index in [1.165, 1.54) is 5.56 Å². The fraction of sp³-hybridized carbons (Fsp3) is 0.636. The molecule has 0 bridgehead atoms. The quantitative estimate of drug-likeness (QED) is 0.614. The molecule has 0 saturated carbocycles. The highest BCUT2D eigenvalue weighted by Crippen LogP contribution is 1.99. The van der Waals surface area contributed by atoms with E-state index in [2.05, 4.69) is 15.7 Å². The summed E-state index contributed by atoms with van der Waals surface area (Å²) in [5.74, 6) is 0. The first-order chi connectivity index (χ1) is 8.11. The average Bonchev–Trinajstić information content (AvgIpc) is 2.70. The predicted molar refractivity (Wildman–Crippen MR) is 64.6 cm³/mol. The molecule has 1 atom stereocenters. The molecule has 1 aromatic heterocycles. The fourth-order valence-electron chi connectivity index (χ4n) is 1.42. The zero-order valence-corrected chi connectivity index (χ0v) is 10.3. The van der Waals surface area contributed by atoms with Crippen LogP contribution in [-0.2, 0) is 13.5 Å². The van der Waals surface area contributed by atoms with E-state index in [0.717, 1.165) is 12.8 Å². The molecule has 17 heavy (non-hydrogen) atoms. The Balaban J connectivity index is 2.10. The van der Waals surface area contributed by atoms with Crippen LogP contribution in [-0.4, -0.2) is 40.1 Å². The second kappa shape index (κ2) is 6.90. The second-order valence-electron chi connectivity index (χ2n) is 4.11. The maximum absolute atomic E-state index is 11.3. The van der Waals surface area contributed by atoms with Crippen molar-refractivity contribution in [1.29, 1.82) is 0 Å². The van der Waals surface area contributed by atoms with Crippen LogP contribution in [0.15, 0.2) is 12.4 Å². The van der Waals surface area contributed by atoms with Crippen molar-refractivity contribution in [2.45, 2.75) is 25.8 Å². The Kier molecular flexibility index (Phi) is 5.48. The molecule has 1 unspecified atom stereocenters. The van der Waals surface area contributed by atoms with Gasteiger partial charge in [-0.05, 0) is 25.3 Å². The maximum Gasteiger partial charge on any atom is 0.315 e. The number of hydrogen-bond donors (Lipinski definition) is 3. The first-order valence-electron chi connectivity index (χ1n) is 5.74. The zero-order valence-electron chi connectivity index (χ0n) is 10.3. The van der Waals surface area contributed by atoms with E-state index in [1.807, 2.05) is 19.4 Å². The number of nitrogens with zero attached hydrogens (tertiary/aromatic N) is 2. The number of amides is 2. The number of aromatic nitrogens is 2. The van der Waals surface area contributed by atoms with Gasteiger partial charge in [0.15, 0.2) is 0 Å². The topological polar surface area (TPSA) is 79.2 Å². The molecule has 0 spiro atoms. The first-order valence-corrected chi connectivity index (χ1v) is 5.74. The normalized spacial score (nSPS) is 12.2. The lowest BCUT2D eigenvalue weighted by molar-refractivity contribution is 0.220. The number of aliphatic hydroxyl groups is 1. The highest BCUT2D eigenvalue weighted by Gasteiger charge is 2.04. The summed E-state index contributed by atoms with van der Waals surface area (Å²) >= 11 is 0. The van der Waals surface area contributed by atoms with Gasteiger partial charge in [-0.3, -0.25) is 4.68 Å². The zero-order chi connectivity index (χ0) is 12.7. The maximum atomic E-state index is 11.3. The van der Waals surface area contributed by atoms with Gasteiger partial charge in [-0.2, -0.15) is 5.10 Å². The fourth-order valence-corrected chi connectivity index (χ4v) is 1.42. The van der Waals surface area contributed by atoms with Crippen molar-refractivity contribution in [1.82, 2.24) is 20.4 Å². The monoisotopic (exact) mass is 240 g/mol. The molecular weight excluding hydrogens is 220 g/mol. The molecule has 0 saturated heterocycles. The Morgan fingerprint density at radius 2 is 2.41 bits per heavy atom. The number of hydrogen-bond acceptors (Lipinski definition) is 3. The van der Waals surface area contributed by atoms with Crippen LogP contribution in [0, 0.1) is 0 Å².